The summed E-state index contributed by atoms with van der Waals surface area (Å²) in [7, 11) is 0. The quantitative estimate of drug-likeness (QED) is 0.637. The van der Waals surface area contributed by atoms with E-state index in [4.69, 9.17) is 16.3 Å². The Hall–Kier alpha value is -2.13. The molecule has 0 radical (unpaired) electrons. The van der Waals surface area contributed by atoms with Crippen LogP contribution >= 0.6 is 11.6 Å². The Labute approximate surface area is 153 Å². The molecule has 2 rings (SSSR count). The summed E-state index contributed by atoms with van der Waals surface area (Å²) in [5.74, 6) is -0.437. The molecule has 0 spiro atoms. The number of alkyl halides is 3. The van der Waals surface area contributed by atoms with E-state index in [9.17, 15) is 23.4 Å². The van der Waals surface area contributed by atoms with Crippen LogP contribution < -0.4 is 5.43 Å². The molecule has 0 saturated carbocycles. The van der Waals surface area contributed by atoms with Crippen molar-refractivity contribution >= 4 is 17.4 Å². The van der Waals surface area contributed by atoms with Gasteiger partial charge in [0.05, 0.1) is 12.2 Å². The predicted molar refractivity (Wildman–Crippen MR) is 90.3 cm³/mol. The van der Waals surface area contributed by atoms with E-state index in [0.29, 0.717) is 23.7 Å². The van der Waals surface area contributed by atoms with Gasteiger partial charge in [-0.05, 0) is 25.0 Å². The van der Waals surface area contributed by atoms with Crippen molar-refractivity contribution in [3.8, 4) is 11.8 Å². The summed E-state index contributed by atoms with van der Waals surface area (Å²) in [4.78, 5) is 3.60. The van der Waals surface area contributed by atoms with Gasteiger partial charge in [-0.3, -0.25) is 5.43 Å². The average Bonchev–Trinajstić information content (AvgIpc) is 2.71. The van der Waals surface area contributed by atoms with Gasteiger partial charge in [-0.15, -0.1) is 0 Å². The molecule has 3 N–H and O–H groups in total. The fraction of sp³-hybridized carbons (Fsp3) is 0.438. The van der Waals surface area contributed by atoms with Crippen molar-refractivity contribution in [3.05, 3.63) is 34.0 Å². The van der Waals surface area contributed by atoms with Gasteiger partial charge in [0.1, 0.15) is 11.0 Å². The molecule has 2 aromatic heterocycles. The molecule has 0 atom stereocenters. The highest BCUT2D eigenvalue weighted by molar-refractivity contribution is 6.30. The summed E-state index contributed by atoms with van der Waals surface area (Å²) < 4.78 is 44.5. The smallest absolute Gasteiger partial charge is 0.419 e. The van der Waals surface area contributed by atoms with Crippen LogP contribution in [-0.4, -0.2) is 26.5 Å². The van der Waals surface area contributed by atoms with Crippen LogP contribution in [0.5, 0.6) is 11.8 Å². The largest absolute Gasteiger partial charge is 0.493 e. The van der Waals surface area contributed by atoms with E-state index in [1.807, 2.05) is 13.8 Å². The number of hydrogen-bond donors (Lipinski definition) is 3. The molecule has 6 nitrogen and oxygen atoms in total. The van der Waals surface area contributed by atoms with E-state index in [1.165, 1.54) is 0 Å². The molecule has 0 amide bonds. The first-order chi connectivity index (χ1) is 12.0. The van der Waals surface area contributed by atoms with Crippen molar-refractivity contribution in [2.45, 2.75) is 33.6 Å². The lowest BCUT2D eigenvalue weighted by atomic mass is 10.2. The van der Waals surface area contributed by atoms with Crippen molar-refractivity contribution in [2.75, 3.05) is 12.0 Å². The molecule has 144 valence electrons. The lowest BCUT2D eigenvalue weighted by Gasteiger charge is -2.12. The van der Waals surface area contributed by atoms with Crippen molar-refractivity contribution in [1.29, 1.82) is 0 Å². The summed E-state index contributed by atoms with van der Waals surface area (Å²) in [6, 6.07) is 1.80. The number of nitrogens with zero attached hydrogens (tertiary/aromatic N) is 2. The molecule has 0 aliphatic heterocycles. The van der Waals surface area contributed by atoms with Gasteiger partial charge in [-0.2, -0.15) is 17.8 Å². The zero-order valence-corrected chi connectivity index (χ0v) is 15.1. The molecule has 26 heavy (non-hydrogen) atoms. The summed E-state index contributed by atoms with van der Waals surface area (Å²) in [5, 5.41) is 19.7. The van der Waals surface area contributed by atoms with Gasteiger partial charge in [-0.25, -0.2) is 4.98 Å². The number of halogens is 4. The third kappa shape index (κ3) is 4.34. The van der Waals surface area contributed by atoms with Crippen molar-refractivity contribution < 1.29 is 28.1 Å². The van der Waals surface area contributed by atoms with Crippen LogP contribution in [-0.2, 0) is 17.5 Å². The molecule has 0 aliphatic rings. The minimum Gasteiger partial charge on any atom is -0.493 e. The molecule has 10 heteroatoms. The highest BCUT2D eigenvalue weighted by atomic mass is 35.5. The number of anilines is 1. The number of nitrogens with one attached hydrogen (secondary N) is 1. The lowest BCUT2D eigenvalue weighted by Crippen LogP contribution is -2.12. The molecule has 0 unspecified atom stereocenters. The normalized spacial score (nSPS) is 12.0. The molecule has 0 bridgehead atoms. The molecule has 2 aromatic rings. The second-order valence-electron chi connectivity index (χ2n) is 6.14. The standard InChI is InChI=1S/C16H19ClF3N3O3/c1-8(2)6-26-7-10-9(3)14(24)23(15(10)25)22-12-5-4-11(13(17)21-12)16(18,19)20/h4-5,8,24-25H,6-7H2,1-3H3,(H,21,22). The topological polar surface area (TPSA) is 79.5 Å². The van der Waals surface area contributed by atoms with E-state index >= 15 is 0 Å². The summed E-state index contributed by atoms with van der Waals surface area (Å²) in [6.07, 6.45) is -4.63. The summed E-state index contributed by atoms with van der Waals surface area (Å²) in [6.45, 7) is 6.05. The second-order valence-corrected chi connectivity index (χ2v) is 6.50. The van der Waals surface area contributed by atoms with Crippen LogP contribution in [0.4, 0.5) is 19.0 Å². The fourth-order valence-electron chi connectivity index (χ4n) is 2.20. The van der Waals surface area contributed by atoms with Crippen LogP contribution in [0, 0.1) is 12.8 Å². The van der Waals surface area contributed by atoms with Gasteiger partial charge in [0.2, 0.25) is 11.8 Å². The van der Waals surface area contributed by atoms with Gasteiger partial charge >= 0.3 is 6.18 Å². The molecule has 2 heterocycles. The van der Waals surface area contributed by atoms with E-state index in [1.54, 1.807) is 6.92 Å². The average molecular weight is 394 g/mol. The van der Waals surface area contributed by atoms with Gasteiger partial charge in [-0.1, -0.05) is 25.4 Å². The highest BCUT2D eigenvalue weighted by Gasteiger charge is 2.34. The first-order valence-corrected chi connectivity index (χ1v) is 8.10. The third-order valence-electron chi connectivity index (χ3n) is 3.56. The first kappa shape index (κ1) is 20.2. The molecular formula is C16H19ClF3N3O3. The Morgan fingerprint density at radius 2 is 1.92 bits per heavy atom. The predicted octanol–water partition coefficient (Wildman–Crippen LogP) is 4.32. The number of rotatable bonds is 6. The van der Waals surface area contributed by atoms with Crippen LogP contribution in [0.25, 0.3) is 0 Å². The second kappa shape index (κ2) is 7.63. The van der Waals surface area contributed by atoms with Gasteiger partial charge < -0.3 is 14.9 Å². The molecule has 0 fully saturated rings. The Bertz CT molecular complexity index is 791. The monoisotopic (exact) mass is 393 g/mol. The SMILES string of the molecule is Cc1c(COCC(C)C)c(O)n(Nc2ccc(C(F)(F)F)c(Cl)n2)c1O. The van der Waals surface area contributed by atoms with E-state index in [2.05, 4.69) is 10.4 Å². The van der Waals surface area contributed by atoms with Crippen LogP contribution in [0.15, 0.2) is 12.1 Å². The Morgan fingerprint density at radius 3 is 2.46 bits per heavy atom. The van der Waals surface area contributed by atoms with Crippen LogP contribution in [0.2, 0.25) is 5.15 Å². The van der Waals surface area contributed by atoms with Gasteiger partial charge in [0.25, 0.3) is 0 Å². The summed E-state index contributed by atoms with van der Waals surface area (Å²) >= 11 is 5.57. The fourth-order valence-corrected chi connectivity index (χ4v) is 2.46. The lowest BCUT2D eigenvalue weighted by molar-refractivity contribution is -0.137. The van der Waals surface area contributed by atoms with Crippen LogP contribution in [0.1, 0.15) is 30.5 Å². The maximum atomic E-state index is 12.7. The van der Waals surface area contributed by atoms with Gasteiger partial charge in [0.15, 0.2) is 0 Å². The number of aromatic nitrogens is 2. The van der Waals surface area contributed by atoms with Crippen molar-refractivity contribution in [3.63, 3.8) is 0 Å². The van der Waals surface area contributed by atoms with Gasteiger partial charge in [0, 0.05) is 17.7 Å². The number of ether oxygens (including phenoxy) is 1. The summed E-state index contributed by atoms with van der Waals surface area (Å²) in [5.41, 5.74) is 2.17. The Kier molecular flexibility index (Phi) is 5.92. The van der Waals surface area contributed by atoms with E-state index < -0.39 is 16.9 Å². The molecule has 0 aliphatic carbocycles. The minimum atomic E-state index is -4.63. The number of aromatic hydroxyl groups is 2. The minimum absolute atomic E-state index is 0.0687. The van der Waals surface area contributed by atoms with Crippen molar-refractivity contribution in [1.82, 2.24) is 9.66 Å². The molecule has 0 saturated heterocycles. The van der Waals surface area contributed by atoms with E-state index in [-0.39, 0.29) is 24.2 Å². The molecular weight excluding hydrogens is 375 g/mol. The first-order valence-electron chi connectivity index (χ1n) is 7.73. The number of pyridine rings is 1. The van der Waals surface area contributed by atoms with Crippen LogP contribution in [0.3, 0.4) is 0 Å². The van der Waals surface area contributed by atoms with Crippen molar-refractivity contribution in [2.24, 2.45) is 5.92 Å². The Balaban J connectivity index is 2.26. The molecule has 0 aromatic carbocycles. The zero-order chi connectivity index (χ0) is 19.6. The number of hydrogen-bond acceptors (Lipinski definition) is 5. The third-order valence-corrected chi connectivity index (χ3v) is 3.85. The highest BCUT2D eigenvalue weighted by Crippen LogP contribution is 2.36. The maximum Gasteiger partial charge on any atom is 0.419 e. The van der Waals surface area contributed by atoms with E-state index in [0.717, 1.165) is 16.8 Å². The Morgan fingerprint density at radius 1 is 1.27 bits per heavy atom. The zero-order valence-electron chi connectivity index (χ0n) is 14.4. The maximum absolute atomic E-state index is 12.7.